The van der Waals surface area contributed by atoms with Crippen LogP contribution in [0.25, 0.3) is 16.9 Å². The number of nitrogens with zero attached hydrogens (tertiary/aromatic N) is 2. The average molecular weight is 426 g/mol. The van der Waals surface area contributed by atoms with Gasteiger partial charge in [0.05, 0.1) is 17.9 Å². The van der Waals surface area contributed by atoms with Gasteiger partial charge in [-0.2, -0.15) is 5.10 Å². The molecule has 7 heteroatoms. The second kappa shape index (κ2) is 9.72. The molecule has 0 bridgehead atoms. The number of para-hydroxylation sites is 1. The molecule has 0 fully saturated rings. The molecule has 0 atom stereocenters. The fourth-order valence-electron chi connectivity index (χ4n) is 3.28. The molecule has 2 amide bonds. The minimum absolute atomic E-state index is 0.341. The van der Waals surface area contributed by atoms with E-state index in [2.05, 4.69) is 16.0 Å². The van der Waals surface area contributed by atoms with Gasteiger partial charge in [-0.1, -0.05) is 60.7 Å². The molecule has 0 spiro atoms. The van der Waals surface area contributed by atoms with Crippen LogP contribution in [0.5, 0.6) is 0 Å². The fraction of sp³-hybridized carbons (Fsp3) is 0.0800. The standard InChI is InChI=1S/C25H22N4O3/c1-32-17-18-9-8-12-20(15-18)24(30)26-27-25(31)22-16-29(21-13-6-3-7-14-21)28-23(22)19-10-4-2-5-11-19/h2-16H,17H2,1H3,(H,26,30)(H,27,31). The van der Waals surface area contributed by atoms with Crippen molar-refractivity contribution in [3.8, 4) is 16.9 Å². The molecular weight excluding hydrogens is 404 g/mol. The molecule has 3 aromatic carbocycles. The zero-order valence-electron chi connectivity index (χ0n) is 17.5. The van der Waals surface area contributed by atoms with Crippen LogP contribution in [0, 0.1) is 0 Å². The topological polar surface area (TPSA) is 85.3 Å². The van der Waals surface area contributed by atoms with Crippen LogP contribution in [-0.2, 0) is 11.3 Å². The van der Waals surface area contributed by atoms with Gasteiger partial charge in [-0.3, -0.25) is 20.4 Å². The van der Waals surface area contributed by atoms with Crippen LogP contribution >= 0.6 is 0 Å². The van der Waals surface area contributed by atoms with Gasteiger partial charge in [-0.25, -0.2) is 4.68 Å². The van der Waals surface area contributed by atoms with E-state index in [9.17, 15) is 9.59 Å². The predicted molar refractivity (Wildman–Crippen MR) is 121 cm³/mol. The molecule has 7 nitrogen and oxygen atoms in total. The third kappa shape index (κ3) is 4.74. The Labute approximate surface area is 185 Å². The highest BCUT2D eigenvalue weighted by atomic mass is 16.5. The highest BCUT2D eigenvalue weighted by Gasteiger charge is 2.19. The number of nitrogens with one attached hydrogen (secondary N) is 2. The molecule has 0 aliphatic rings. The van der Waals surface area contributed by atoms with Gasteiger partial charge >= 0.3 is 0 Å². The molecule has 0 saturated heterocycles. The number of hydrogen-bond donors (Lipinski definition) is 2. The molecule has 4 aromatic rings. The van der Waals surface area contributed by atoms with Crippen molar-refractivity contribution >= 4 is 11.8 Å². The highest BCUT2D eigenvalue weighted by molar-refractivity contribution is 6.02. The summed E-state index contributed by atoms with van der Waals surface area (Å²) in [6, 6.07) is 26.0. The number of carbonyl (C=O) groups is 2. The summed E-state index contributed by atoms with van der Waals surface area (Å²) in [6.07, 6.45) is 1.65. The summed E-state index contributed by atoms with van der Waals surface area (Å²) in [5, 5.41) is 4.62. The minimum Gasteiger partial charge on any atom is -0.380 e. The molecule has 1 heterocycles. The van der Waals surface area contributed by atoms with Crippen LogP contribution in [0.15, 0.2) is 91.1 Å². The smallest absolute Gasteiger partial charge is 0.273 e. The third-order valence-electron chi connectivity index (χ3n) is 4.82. The Hall–Kier alpha value is -4.23. The zero-order chi connectivity index (χ0) is 22.3. The van der Waals surface area contributed by atoms with Gasteiger partial charge in [-0.15, -0.1) is 0 Å². The van der Waals surface area contributed by atoms with E-state index in [0.717, 1.165) is 16.8 Å². The zero-order valence-corrected chi connectivity index (χ0v) is 17.5. The molecule has 0 aliphatic carbocycles. The number of methoxy groups -OCH3 is 1. The number of hydrazine groups is 1. The van der Waals surface area contributed by atoms with Crippen molar-refractivity contribution in [2.45, 2.75) is 6.61 Å². The Kier molecular flexibility index (Phi) is 6.38. The summed E-state index contributed by atoms with van der Waals surface area (Å²) in [5.74, 6) is -0.888. The second-order valence-corrected chi connectivity index (χ2v) is 7.08. The molecule has 32 heavy (non-hydrogen) atoms. The van der Waals surface area contributed by atoms with Crippen molar-refractivity contribution in [3.63, 3.8) is 0 Å². The first-order chi connectivity index (χ1) is 15.7. The average Bonchev–Trinajstić information content (AvgIpc) is 3.30. The SMILES string of the molecule is COCc1cccc(C(=O)NNC(=O)c2cn(-c3ccccc3)nc2-c2ccccc2)c1. The summed E-state index contributed by atoms with van der Waals surface area (Å²) in [5.41, 5.74) is 8.74. The maximum Gasteiger partial charge on any atom is 0.273 e. The van der Waals surface area contributed by atoms with Gasteiger partial charge in [0.15, 0.2) is 0 Å². The quantitative estimate of drug-likeness (QED) is 0.460. The van der Waals surface area contributed by atoms with E-state index in [0.29, 0.717) is 23.4 Å². The summed E-state index contributed by atoms with van der Waals surface area (Å²) < 4.78 is 6.75. The van der Waals surface area contributed by atoms with E-state index in [4.69, 9.17) is 4.74 Å². The lowest BCUT2D eigenvalue weighted by Gasteiger charge is -2.08. The van der Waals surface area contributed by atoms with Gasteiger partial charge in [0.2, 0.25) is 0 Å². The van der Waals surface area contributed by atoms with E-state index in [1.54, 1.807) is 36.2 Å². The van der Waals surface area contributed by atoms with Gasteiger partial charge < -0.3 is 4.74 Å². The van der Waals surface area contributed by atoms with E-state index in [-0.39, 0.29) is 0 Å². The Morgan fingerprint density at radius 1 is 0.875 bits per heavy atom. The van der Waals surface area contributed by atoms with Gasteiger partial charge in [0.1, 0.15) is 5.69 Å². The first-order valence-electron chi connectivity index (χ1n) is 10.0. The lowest BCUT2D eigenvalue weighted by molar-refractivity contribution is 0.0847. The van der Waals surface area contributed by atoms with Crippen molar-refractivity contribution in [1.82, 2.24) is 20.6 Å². The second-order valence-electron chi connectivity index (χ2n) is 7.08. The van der Waals surface area contributed by atoms with Crippen molar-refractivity contribution in [2.75, 3.05) is 7.11 Å². The number of amides is 2. The number of benzene rings is 3. The van der Waals surface area contributed by atoms with Crippen LogP contribution in [0.3, 0.4) is 0 Å². The normalized spacial score (nSPS) is 10.5. The monoisotopic (exact) mass is 426 g/mol. The Morgan fingerprint density at radius 3 is 2.28 bits per heavy atom. The fourth-order valence-corrected chi connectivity index (χ4v) is 3.28. The minimum atomic E-state index is -0.465. The first-order valence-corrected chi connectivity index (χ1v) is 10.0. The maximum absolute atomic E-state index is 13.0. The predicted octanol–water partition coefficient (Wildman–Crippen LogP) is 3.76. The van der Waals surface area contributed by atoms with Crippen molar-refractivity contribution in [3.05, 3.63) is 108 Å². The van der Waals surface area contributed by atoms with Gasteiger partial charge in [-0.05, 0) is 29.8 Å². The number of ether oxygens (including phenoxy) is 1. The third-order valence-corrected chi connectivity index (χ3v) is 4.82. The number of hydrogen-bond acceptors (Lipinski definition) is 4. The van der Waals surface area contributed by atoms with Crippen LogP contribution < -0.4 is 10.9 Å². The van der Waals surface area contributed by atoms with Crippen molar-refractivity contribution in [2.24, 2.45) is 0 Å². The summed E-state index contributed by atoms with van der Waals surface area (Å²) >= 11 is 0. The lowest BCUT2D eigenvalue weighted by Crippen LogP contribution is -2.41. The molecule has 0 aliphatic heterocycles. The van der Waals surface area contributed by atoms with E-state index < -0.39 is 11.8 Å². The van der Waals surface area contributed by atoms with E-state index >= 15 is 0 Å². The number of rotatable bonds is 6. The first kappa shape index (κ1) is 21.0. The number of aromatic nitrogens is 2. The lowest BCUT2D eigenvalue weighted by atomic mass is 10.1. The van der Waals surface area contributed by atoms with Crippen LogP contribution in [0.2, 0.25) is 0 Å². The van der Waals surface area contributed by atoms with Crippen molar-refractivity contribution in [1.29, 1.82) is 0 Å². The van der Waals surface area contributed by atoms with E-state index in [1.807, 2.05) is 66.7 Å². The Morgan fingerprint density at radius 2 is 1.56 bits per heavy atom. The largest absolute Gasteiger partial charge is 0.380 e. The van der Waals surface area contributed by atoms with Crippen LogP contribution in [-0.4, -0.2) is 28.7 Å². The molecule has 4 rings (SSSR count). The van der Waals surface area contributed by atoms with Crippen molar-refractivity contribution < 1.29 is 14.3 Å². The highest BCUT2D eigenvalue weighted by Crippen LogP contribution is 2.23. The van der Waals surface area contributed by atoms with Crippen LogP contribution in [0.1, 0.15) is 26.3 Å². The van der Waals surface area contributed by atoms with E-state index in [1.165, 1.54) is 0 Å². The van der Waals surface area contributed by atoms with Gasteiger partial charge in [0.25, 0.3) is 11.8 Å². The Balaban J connectivity index is 1.57. The number of carbonyl (C=O) groups excluding carboxylic acids is 2. The van der Waals surface area contributed by atoms with Gasteiger partial charge in [0, 0.05) is 24.4 Å². The molecular formula is C25H22N4O3. The summed E-state index contributed by atoms with van der Waals surface area (Å²) in [7, 11) is 1.59. The molecule has 0 saturated carbocycles. The maximum atomic E-state index is 13.0. The molecule has 0 unspecified atom stereocenters. The Bertz CT molecular complexity index is 1220. The molecule has 0 radical (unpaired) electrons. The summed E-state index contributed by atoms with van der Waals surface area (Å²) in [6.45, 7) is 0.395. The molecule has 160 valence electrons. The molecule has 2 N–H and O–H groups in total. The van der Waals surface area contributed by atoms with Crippen LogP contribution in [0.4, 0.5) is 0 Å². The molecule has 1 aromatic heterocycles. The summed E-state index contributed by atoms with van der Waals surface area (Å²) in [4.78, 5) is 25.5.